The molecule has 64 heavy (non-hydrogen) atoms. The summed E-state index contributed by atoms with van der Waals surface area (Å²) in [5.41, 5.74) is 24.2. The van der Waals surface area contributed by atoms with Crippen LogP contribution in [-0.4, -0.2) is 0 Å². The van der Waals surface area contributed by atoms with E-state index in [1.54, 1.807) is 0 Å². The third-order valence-electron chi connectivity index (χ3n) is 14.7. The lowest BCUT2D eigenvalue weighted by Gasteiger charge is -2.45. The van der Waals surface area contributed by atoms with Gasteiger partial charge in [0.05, 0.1) is 27.9 Å². The van der Waals surface area contributed by atoms with Crippen LogP contribution in [0.5, 0.6) is 0 Å². The van der Waals surface area contributed by atoms with Crippen molar-refractivity contribution in [2.24, 2.45) is 0 Å². The molecular formula is C62H40N2. The summed E-state index contributed by atoms with van der Waals surface area (Å²) in [4.78, 5) is 4.98. The molecule has 0 N–H and O–H groups in total. The fourth-order valence-corrected chi connectivity index (χ4v) is 12.4. The number of hydrogen-bond acceptors (Lipinski definition) is 2. The van der Waals surface area contributed by atoms with Crippen LogP contribution in [0.3, 0.4) is 0 Å². The van der Waals surface area contributed by atoms with E-state index >= 15 is 0 Å². The molecule has 0 aromatic heterocycles. The Morgan fingerprint density at radius 2 is 0.703 bits per heavy atom. The summed E-state index contributed by atoms with van der Waals surface area (Å²) in [6.45, 7) is 0. The van der Waals surface area contributed by atoms with Crippen molar-refractivity contribution in [2.45, 2.75) is 10.8 Å². The highest BCUT2D eigenvalue weighted by atomic mass is 15.2. The Kier molecular flexibility index (Phi) is 7.28. The quantitative estimate of drug-likeness (QED) is 0.175. The number of benzene rings is 10. The van der Waals surface area contributed by atoms with Gasteiger partial charge >= 0.3 is 0 Å². The van der Waals surface area contributed by atoms with Gasteiger partial charge in [-0.1, -0.05) is 188 Å². The maximum absolute atomic E-state index is 2.52. The van der Waals surface area contributed by atoms with Crippen LogP contribution in [0.1, 0.15) is 44.5 Å². The maximum atomic E-state index is 2.52. The average molecular weight is 813 g/mol. The molecule has 0 radical (unpaired) electrons. The monoisotopic (exact) mass is 812 g/mol. The van der Waals surface area contributed by atoms with E-state index in [1.165, 1.54) is 89.3 Å². The van der Waals surface area contributed by atoms with Crippen molar-refractivity contribution in [3.63, 3.8) is 0 Å². The Morgan fingerprint density at radius 1 is 0.281 bits per heavy atom. The van der Waals surface area contributed by atoms with E-state index in [4.69, 9.17) is 0 Å². The van der Waals surface area contributed by atoms with Crippen molar-refractivity contribution in [2.75, 3.05) is 9.80 Å². The topological polar surface area (TPSA) is 6.48 Å². The molecule has 2 heteroatoms. The number of nitrogens with zero attached hydrogens (tertiary/aromatic N) is 2. The molecule has 10 aromatic carbocycles. The highest BCUT2D eigenvalue weighted by Crippen LogP contribution is 2.66. The first-order valence-electron chi connectivity index (χ1n) is 22.4. The first-order chi connectivity index (χ1) is 31.8. The van der Waals surface area contributed by atoms with Crippen molar-refractivity contribution in [3.8, 4) is 33.4 Å². The Morgan fingerprint density at radius 3 is 1.28 bits per heavy atom. The van der Waals surface area contributed by atoms with E-state index < -0.39 is 10.8 Å². The summed E-state index contributed by atoms with van der Waals surface area (Å²) in [7, 11) is 0. The SMILES string of the molecule is c1ccc(N(c2ccc3c(c2)C2(c4ccccc4-c4ccccc42)c2ccccc2-3)c2cccc3c2-c2ccccc2C32c3ccccc3N(c3ccccc3)c3ccccc32)cc1. The summed E-state index contributed by atoms with van der Waals surface area (Å²) in [5, 5.41) is 0. The molecule has 2 nitrogen and oxygen atoms in total. The second-order valence-electron chi connectivity index (χ2n) is 17.5. The minimum Gasteiger partial charge on any atom is -0.310 e. The third-order valence-corrected chi connectivity index (χ3v) is 14.7. The van der Waals surface area contributed by atoms with Crippen LogP contribution >= 0.6 is 0 Å². The van der Waals surface area contributed by atoms with Gasteiger partial charge in [0.2, 0.25) is 0 Å². The van der Waals surface area contributed by atoms with E-state index in [0.717, 1.165) is 22.7 Å². The van der Waals surface area contributed by atoms with E-state index in [2.05, 4.69) is 252 Å². The normalized spacial score (nSPS) is 14.5. The van der Waals surface area contributed by atoms with Crippen LogP contribution in [0.2, 0.25) is 0 Å². The van der Waals surface area contributed by atoms with Crippen LogP contribution in [0.15, 0.2) is 243 Å². The van der Waals surface area contributed by atoms with Gasteiger partial charge < -0.3 is 9.80 Å². The molecule has 0 saturated heterocycles. The molecule has 0 atom stereocenters. The highest BCUT2D eigenvalue weighted by Gasteiger charge is 2.54. The smallest absolute Gasteiger partial charge is 0.0755 e. The molecule has 0 saturated carbocycles. The zero-order valence-corrected chi connectivity index (χ0v) is 35.0. The van der Waals surface area contributed by atoms with Crippen LogP contribution in [0.4, 0.5) is 34.1 Å². The molecule has 0 amide bonds. The van der Waals surface area contributed by atoms with Gasteiger partial charge in [-0.05, 0) is 127 Å². The van der Waals surface area contributed by atoms with Gasteiger partial charge in [0, 0.05) is 22.6 Å². The number of anilines is 6. The molecule has 298 valence electrons. The van der Waals surface area contributed by atoms with Gasteiger partial charge in [-0.15, -0.1) is 0 Å². The molecule has 14 rings (SSSR count). The zero-order chi connectivity index (χ0) is 42.0. The lowest BCUT2D eigenvalue weighted by atomic mass is 9.64. The van der Waals surface area contributed by atoms with Gasteiger partial charge in [-0.3, -0.25) is 0 Å². The van der Waals surface area contributed by atoms with Crippen molar-refractivity contribution in [1.29, 1.82) is 0 Å². The summed E-state index contributed by atoms with van der Waals surface area (Å²) in [6.07, 6.45) is 0. The van der Waals surface area contributed by atoms with Gasteiger partial charge in [0.25, 0.3) is 0 Å². The van der Waals surface area contributed by atoms with E-state index in [9.17, 15) is 0 Å². The minimum atomic E-state index is -0.566. The van der Waals surface area contributed by atoms with Gasteiger partial charge in [0.15, 0.2) is 0 Å². The van der Waals surface area contributed by atoms with Crippen molar-refractivity contribution < 1.29 is 0 Å². The predicted molar refractivity (Wildman–Crippen MR) is 263 cm³/mol. The second kappa shape index (κ2) is 13.2. The van der Waals surface area contributed by atoms with Crippen LogP contribution in [0, 0.1) is 0 Å². The highest BCUT2D eigenvalue weighted by molar-refractivity contribution is 6.02. The minimum absolute atomic E-state index is 0.451. The molecule has 10 aromatic rings. The zero-order valence-electron chi connectivity index (χ0n) is 35.0. The van der Waals surface area contributed by atoms with E-state index in [-0.39, 0.29) is 0 Å². The summed E-state index contributed by atoms with van der Waals surface area (Å²) < 4.78 is 0. The molecule has 2 spiro atoms. The Hall–Kier alpha value is -8.20. The van der Waals surface area contributed by atoms with Crippen molar-refractivity contribution in [3.05, 3.63) is 287 Å². The number of rotatable bonds is 4. The summed E-state index contributed by atoms with van der Waals surface area (Å²) in [6, 6.07) is 90.7. The molecule has 1 heterocycles. The summed E-state index contributed by atoms with van der Waals surface area (Å²) in [5.74, 6) is 0. The van der Waals surface area contributed by atoms with Crippen LogP contribution < -0.4 is 9.80 Å². The van der Waals surface area contributed by atoms with Gasteiger partial charge in [-0.25, -0.2) is 0 Å². The standard InChI is InChI=1S/C62H40N2/c1-3-20-41(21-4-1)63(43-38-39-47-46-26-9-13-30-51(46)61(56(47)40-43)49-28-11-7-24-44(49)45-25-8-12-29-50(45)61)59-37-19-34-55-60(59)48-27-10-14-31-52(48)62(55)53-32-15-17-35-57(53)64(42-22-5-2-6-23-42)58-36-18-16-33-54(58)62/h1-40H. The molecule has 0 fully saturated rings. The first-order valence-corrected chi connectivity index (χ1v) is 22.4. The molecule has 0 bridgehead atoms. The molecular weight excluding hydrogens is 773 g/mol. The largest absolute Gasteiger partial charge is 0.310 e. The molecule has 1 aliphatic heterocycles. The van der Waals surface area contributed by atoms with Crippen molar-refractivity contribution >= 4 is 34.1 Å². The lowest BCUT2D eigenvalue weighted by Crippen LogP contribution is -2.36. The Balaban J connectivity index is 1.05. The van der Waals surface area contributed by atoms with E-state index in [1.807, 2.05) is 0 Å². The maximum Gasteiger partial charge on any atom is 0.0755 e. The Bertz CT molecular complexity index is 3420. The van der Waals surface area contributed by atoms with Crippen LogP contribution in [-0.2, 0) is 10.8 Å². The van der Waals surface area contributed by atoms with Gasteiger partial charge in [-0.2, -0.15) is 0 Å². The molecule has 0 unspecified atom stereocenters. The fraction of sp³-hybridized carbons (Fsp3) is 0.0323. The number of hydrogen-bond donors (Lipinski definition) is 0. The van der Waals surface area contributed by atoms with E-state index in [0.29, 0.717) is 0 Å². The second-order valence-corrected chi connectivity index (χ2v) is 17.5. The predicted octanol–water partition coefficient (Wildman–Crippen LogP) is 15.6. The fourth-order valence-electron chi connectivity index (χ4n) is 12.4. The molecule has 3 aliphatic carbocycles. The lowest BCUT2D eigenvalue weighted by molar-refractivity contribution is 0.752. The first kappa shape index (κ1) is 35.4. The van der Waals surface area contributed by atoms with Crippen molar-refractivity contribution in [1.82, 2.24) is 0 Å². The van der Waals surface area contributed by atoms with Crippen LogP contribution in [0.25, 0.3) is 33.4 Å². The summed E-state index contributed by atoms with van der Waals surface area (Å²) >= 11 is 0. The number of para-hydroxylation sites is 4. The Labute approximate surface area is 373 Å². The third kappa shape index (κ3) is 4.39. The molecule has 4 aliphatic rings. The van der Waals surface area contributed by atoms with Gasteiger partial charge in [0.1, 0.15) is 0 Å². The number of fused-ring (bicyclic) bond motifs is 19. The average Bonchev–Trinajstić information content (AvgIpc) is 3.95.